The van der Waals surface area contributed by atoms with Crippen LogP contribution in [0.15, 0.2) is 59.4 Å². The van der Waals surface area contributed by atoms with Crippen LogP contribution in [-0.4, -0.2) is 28.8 Å². The Balaban J connectivity index is 1.43. The highest BCUT2D eigenvalue weighted by Gasteiger charge is 2.26. The first-order valence-electron chi connectivity index (χ1n) is 10.4. The number of amides is 1. The van der Waals surface area contributed by atoms with Gasteiger partial charge in [-0.25, -0.2) is 0 Å². The van der Waals surface area contributed by atoms with Gasteiger partial charge < -0.3 is 10.2 Å². The summed E-state index contributed by atoms with van der Waals surface area (Å²) in [6, 6.07) is 16.3. The third kappa shape index (κ3) is 4.80. The summed E-state index contributed by atoms with van der Waals surface area (Å²) in [4.78, 5) is 27.2. The minimum Gasteiger partial charge on any atom is -0.355 e. The Bertz CT molecular complexity index is 1170. The minimum absolute atomic E-state index is 0.0456. The molecule has 7 heteroatoms. The summed E-state index contributed by atoms with van der Waals surface area (Å²) in [7, 11) is 0. The van der Waals surface area contributed by atoms with E-state index in [0.717, 1.165) is 24.1 Å². The van der Waals surface area contributed by atoms with Crippen LogP contribution in [0.1, 0.15) is 24.0 Å². The van der Waals surface area contributed by atoms with Crippen molar-refractivity contribution in [3.63, 3.8) is 0 Å². The van der Waals surface area contributed by atoms with E-state index >= 15 is 0 Å². The van der Waals surface area contributed by atoms with Gasteiger partial charge in [0.05, 0.1) is 5.69 Å². The highest BCUT2D eigenvalue weighted by Crippen LogP contribution is 2.24. The van der Waals surface area contributed by atoms with Crippen molar-refractivity contribution in [3.05, 3.63) is 81.1 Å². The van der Waals surface area contributed by atoms with Gasteiger partial charge in [-0.1, -0.05) is 35.4 Å². The van der Waals surface area contributed by atoms with Crippen LogP contribution >= 0.6 is 11.6 Å². The molecule has 1 aliphatic rings. The Morgan fingerprint density at radius 1 is 1.06 bits per heavy atom. The Morgan fingerprint density at radius 3 is 2.55 bits per heavy atom. The van der Waals surface area contributed by atoms with Gasteiger partial charge in [0, 0.05) is 35.8 Å². The molecule has 1 aromatic heterocycles. The maximum Gasteiger partial charge on any atom is 0.271 e. The summed E-state index contributed by atoms with van der Waals surface area (Å²) in [6.07, 6.45) is 1.46. The summed E-state index contributed by atoms with van der Waals surface area (Å²) >= 11 is 6.07. The highest BCUT2D eigenvalue weighted by molar-refractivity contribution is 6.30. The SMILES string of the molecule is Cc1ccc(NC(=O)C2CCN(c3ccc(=O)n(-c4cccc(Cl)c4)n3)CC2)c(C)c1. The average Bonchev–Trinajstić information content (AvgIpc) is 2.76. The first-order valence-corrected chi connectivity index (χ1v) is 10.8. The number of carbonyl (C=O) groups excluding carboxylic acids is 1. The summed E-state index contributed by atoms with van der Waals surface area (Å²) in [6.45, 7) is 5.45. The molecule has 1 saturated heterocycles. The Hall–Kier alpha value is -3.12. The van der Waals surface area contributed by atoms with E-state index in [1.54, 1.807) is 30.3 Å². The molecule has 0 saturated carbocycles. The number of hydrogen-bond donors (Lipinski definition) is 1. The fourth-order valence-corrected chi connectivity index (χ4v) is 4.11. The third-order valence-electron chi connectivity index (χ3n) is 5.67. The van der Waals surface area contributed by atoms with E-state index in [9.17, 15) is 9.59 Å². The standard InChI is InChI=1S/C24H25ClN4O2/c1-16-6-7-21(17(2)14-16)26-24(31)18-10-12-28(13-11-18)22-8-9-23(30)29(27-22)20-5-3-4-19(25)15-20/h3-9,14-15,18H,10-13H2,1-2H3,(H,26,31). The van der Waals surface area contributed by atoms with Crippen LogP contribution in [0.25, 0.3) is 5.69 Å². The molecule has 0 unspecified atom stereocenters. The zero-order valence-electron chi connectivity index (χ0n) is 17.6. The van der Waals surface area contributed by atoms with Crippen LogP contribution in [0, 0.1) is 19.8 Å². The second-order valence-electron chi connectivity index (χ2n) is 7.99. The van der Waals surface area contributed by atoms with Crippen LogP contribution in [0.2, 0.25) is 5.02 Å². The smallest absolute Gasteiger partial charge is 0.271 e. The number of carbonyl (C=O) groups is 1. The molecule has 0 aliphatic carbocycles. The first-order chi connectivity index (χ1) is 14.9. The molecule has 4 rings (SSSR count). The Kier molecular flexibility index (Phi) is 6.09. The number of anilines is 2. The Labute approximate surface area is 186 Å². The molecule has 0 radical (unpaired) electrons. The summed E-state index contributed by atoms with van der Waals surface area (Å²) in [5, 5.41) is 8.16. The number of nitrogens with zero attached hydrogens (tertiary/aromatic N) is 3. The number of rotatable bonds is 4. The molecule has 0 spiro atoms. The van der Waals surface area contributed by atoms with Crippen LogP contribution in [0.3, 0.4) is 0 Å². The van der Waals surface area contributed by atoms with E-state index in [1.807, 2.05) is 26.0 Å². The average molecular weight is 437 g/mol. The van der Waals surface area contributed by atoms with E-state index in [2.05, 4.69) is 21.4 Å². The quantitative estimate of drug-likeness (QED) is 0.660. The fourth-order valence-electron chi connectivity index (χ4n) is 3.92. The van der Waals surface area contributed by atoms with Crippen molar-refractivity contribution in [3.8, 4) is 5.69 Å². The van der Waals surface area contributed by atoms with E-state index in [-0.39, 0.29) is 17.4 Å². The predicted molar refractivity (Wildman–Crippen MR) is 124 cm³/mol. The molecule has 6 nitrogen and oxygen atoms in total. The second kappa shape index (κ2) is 8.94. The lowest BCUT2D eigenvalue weighted by Crippen LogP contribution is -2.39. The number of aryl methyl sites for hydroxylation is 2. The van der Waals surface area contributed by atoms with Crippen molar-refractivity contribution in [1.82, 2.24) is 9.78 Å². The van der Waals surface area contributed by atoms with Crippen molar-refractivity contribution in [2.75, 3.05) is 23.3 Å². The highest BCUT2D eigenvalue weighted by atomic mass is 35.5. The number of piperidine rings is 1. The van der Waals surface area contributed by atoms with Crippen molar-refractivity contribution in [2.45, 2.75) is 26.7 Å². The zero-order valence-corrected chi connectivity index (χ0v) is 18.4. The lowest BCUT2D eigenvalue weighted by atomic mass is 9.95. The molecule has 0 atom stereocenters. The fraction of sp³-hybridized carbons (Fsp3) is 0.292. The molecule has 1 N–H and O–H groups in total. The molecule has 1 amide bonds. The van der Waals surface area contributed by atoms with Crippen molar-refractivity contribution in [2.24, 2.45) is 5.92 Å². The lowest BCUT2D eigenvalue weighted by Gasteiger charge is -2.32. The molecule has 160 valence electrons. The van der Waals surface area contributed by atoms with Crippen LogP contribution in [-0.2, 0) is 4.79 Å². The van der Waals surface area contributed by atoms with Gasteiger partial charge in [0.25, 0.3) is 5.56 Å². The monoisotopic (exact) mass is 436 g/mol. The number of benzene rings is 2. The largest absolute Gasteiger partial charge is 0.355 e. The van der Waals surface area contributed by atoms with Gasteiger partial charge in [-0.2, -0.15) is 4.68 Å². The third-order valence-corrected chi connectivity index (χ3v) is 5.90. The number of halogens is 1. The maximum absolute atomic E-state index is 12.8. The normalized spacial score (nSPS) is 14.5. The summed E-state index contributed by atoms with van der Waals surface area (Å²) in [5.41, 5.74) is 3.53. The van der Waals surface area contributed by atoms with Crippen molar-refractivity contribution >= 4 is 29.0 Å². The molecule has 31 heavy (non-hydrogen) atoms. The van der Waals surface area contributed by atoms with Gasteiger partial charge in [-0.15, -0.1) is 5.10 Å². The predicted octanol–water partition coefficient (Wildman–Crippen LogP) is 4.36. The van der Waals surface area contributed by atoms with E-state index in [0.29, 0.717) is 29.6 Å². The minimum atomic E-state index is -0.214. The van der Waals surface area contributed by atoms with E-state index in [4.69, 9.17) is 11.6 Å². The van der Waals surface area contributed by atoms with Gasteiger partial charge in [0.1, 0.15) is 5.82 Å². The van der Waals surface area contributed by atoms with Crippen LogP contribution in [0.5, 0.6) is 0 Å². The molecule has 0 bridgehead atoms. The van der Waals surface area contributed by atoms with Gasteiger partial charge in [0.15, 0.2) is 0 Å². The number of aromatic nitrogens is 2. The lowest BCUT2D eigenvalue weighted by molar-refractivity contribution is -0.120. The van der Waals surface area contributed by atoms with Crippen molar-refractivity contribution in [1.29, 1.82) is 0 Å². The van der Waals surface area contributed by atoms with Gasteiger partial charge in [0.2, 0.25) is 5.91 Å². The van der Waals surface area contributed by atoms with Gasteiger partial charge in [-0.05, 0) is 62.6 Å². The van der Waals surface area contributed by atoms with E-state index in [1.165, 1.54) is 16.3 Å². The molecule has 2 heterocycles. The first kappa shape index (κ1) is 21.1. The molecule has 2 aromatic carbocycles. The van der Waals surface area contributed by atoms with Gasteiger partial charge in [-0.3, -0.25) is 9.59 Å². The zero-order chi connectivity index (χ0) is 22.0. The second-order valence-corrected chi connectivity index (χ2v) is 8.43. The summed E-state index contributed by atoms with van der Waals surface area (Å²) in [5.74, 6) is 0.729. The van der Waals surface area contributed by atoms with Crippen LogP contribution < -0.4 is 15.8 Å². The molecule has 1 fully saturated rings. The van der Waals surface area contributed by atoms with Gasteiger partial charge >= 0.3 is 0 Å². The molecule has 1 aliphatic heterocycles. The maximum atomic E-state index is 12.8. The van der Waals surface area contributed by atoms with Crippen LogP contribution in [0.4, 0.5) is 11.5 Å². The topological polar surface area (TPSA) is 67.2 Å². The number of nitrogens with one attached hydrogen (secondary N) is 1. The summed E-state index contributed by atoms with van der Waals surface area (Å²) < 4.78 is 1.36. The Morgan fingerprint density at radius 2 is 1.84 bits per heavy atom. The van der Waals surface area contributed by atoms with E-state index < -0.39 is 0 Å². The molecular weight excluding hydrogens is 412 g/mol. The molecule has 3 aromatic rings. The molecular formula is C24H25ClN4O2. The number of hydrogen-bond acceptors (Lipinski definition) is 4. The van der Waals surface area contributed by atoms with Crippen molar-refractivity contribution < 1.29 is 4.79 Å².